The molecule has 0 saturated heterocycles. The minimum Gasteiger partial charge on any atom is -0.469 e. The molecule has 0 unspecified atom stereocenters. The van der Waals surface area contributed by atoms with Crippen molar-refractivity contribution in [3.8, 4) is 0 Å². The molecule has 128 valence electrons. The largest absolute Gasteiger partial charge is 0.469 e. The Bertz CT molecular complexity index is 527. The van der Waals surface area contributed by atoms with Crippen LogP contribution in [0.15, 0.2) is 50.6 Å². The lowest BCUT2D eigenvalue weighted by atomic mass is 10.3. The molecule has 2 rings (SSSR count). The van der Waals surface area contributed by atoms with Gasteiger partial charge in [-0.2, -0.15) is 0 Å². The third-order valence-electron chi connectivity index (χ3n) is 3.05. The standard InChI is InChI=1S/C16H23N3O3.HI/c1-17-16(19-9-7-14-5-2-11-21-14)18-8-4-10-20-13-15-6-3-12-22-15;/h2-3,5-6,11-12H,4,7-10,13H2,1H3,(H2,17,18,19);1H. The Kier molecular flexibility index (Phi) is 10.2. The highest BCUT2D eigenvalue weighted by Gasteiger charge is 1.99. The molecule has 2 aromatic rings. The average Bonchev–Trinajstić information content (AvgIpc) is 3.22. The van der Waals surface area contributed by atoms with Crippen molar-refractivity contribution in [3.63, 3.8) is 0 Å². The number of halogens is 1. The second-order valence-electron chi connectivity index (χ2n) is 4.74. The zero-order chi connectivity index (χ0) is 15.5. The first-order chi connectivity index (χ1) is 10.9. The summed E-state index contributed by atoms with van der Waals surface area (Å²) in [6.45, 7) is 2.78. The lowest BCUT2D eigenvalue weighted by Gasteiger charge is -2.11. The number of hydrogen-bond acceptors (Lipinski definition) is 4. The van der Waals surface area contributed by atoms with Crippen LogP contribution in [-0.4, -0.2) is 32.7 Å². The Morgan fingerprint density at radius 1 is 1.09 bits per heavy atom. The molecule has 0 saturated carbocycles. The maximum Gasteiger partial charge on any atom is 0.190 e. The molecule has 2 N–H and O–H groups in total. The van der Waals surface area contributed by atoms with E-state index in [-0.39, 0.29) is 24.0 Å². The average molecular weight is 433 g/mol. The fourth-order valence-electron chi connectivity index (χ4n) is 1.93. The Morgan fingerprint density at radius 3 is 2.43 bits per heavy atom. The van der Waals surface area contributed by atoms with Gasteiger partial charge in [-0.3, -0.25) is 4.99 Å². The van der Waals surface area contributed by atoms with Gasteiger partial charge in [-0.05, 0) is 30.7 Å². The van der Waals surface area contributed by atoms with E-state index in [2.05, 4.69) is 15.6 Å². The first-order valence-corrected chi connectivity index (χ1v) is 7.45. The van der Waals surface area contributed by atoms with Gasteiger partial charge >= 0.3 is 0 Å². The molecular weight excluding hydrogens is 409 g/mol. The quantitative estimate of drug-likeness (QED) is 0.276. The third-order valence-corrected chi connectivity index (χ3v) is 3.05. The predicted octanol–water partition coefficient (Wildman–Crippen LogP) is 2.81. The van der Waals surface area contributed by atoms with E-state index in [0.717, 1.165) is 43.4 Å². The topological polar surface area (TPSA) is 71.9 Å². The first-order valence-electron chi connectivity index (χ1n) is 7.45. The van der Waals surface area contributed by atoms with Gasteiger partial charge in [0.2, 0.25) is 0 Å². The SMILES string of the molecule is CN=C(NCCCOCc1ccco1)NCCc1ccco1.I. The molecule has 0 aliphatic heterocycles. The van der Waals surface area contributed by atoms with Gasteiger partial charge in [0.25, 0.3) is 0 Å². The van der Waals surface area contributed by atoms with E-state index in [9.17, 15) is 0 Å². The number of guanidine groups is 1. The van der Waals surface area contributed by atoms with E-state index in [0.29, 0.717) is 13.2 Å². The van der Waals surface area contributed by atoms with Gasteiger partial charge in [0.15, 0.2) is 5.96 Å². The molecule has 6 nitrogen and oxygen atoms in total. The molecule has 0 aliphatic rings. The van der Waals surface area contributed by atoms with Crippen molar-refractivity contribution in [3.05, 3.63) is 48.3 Å². The normalized spacial score (nSPS) is 11.1. The summed E-state index contributed by atoms with van der Waals surface area (Å²) in [5.74, 6) is 2.61. The number of ether oxygens (including phenoxy) is 1. The Labute approximate surface area is 153 Å². The van der Waals surface area contributed by atoms with Crippen LogP contribution in [0.1, 0.15) is 17.9 Å². The Hall–Kier alpha value is -1.48. The maximum atomic E-state index is 5.52. The van der Waals surface area contributed by atoms with E-state index in [1.54, 1.807) is 19.6 Å². The summed E-state index contributed by atoms with van der Waals surface area (Å²) in [6.07, 6.45) is 5.07. The summed E-state index contributed by atoms with van der Waals surface area (Å²) in [7, 11) is 1.76. The Morgan fingerprint density at radius 2 is 1.78 bits per heavy atom. The summed E-state index contributed by atoms with van der Waals surface area (Å²) in [6, 6.07) is 7.63. The molecule has 0 radical (unpaired) electrons. The molecule has 0 fully saturated rings. The third kappa shape index (κ3) is 8.08. The highest BCUT2D eigenvalue weighted by atomic mass is 127. The van der Waals surface area contributed by atoms with Crippen LogP contribution in [0.4, 0.5) is 0 Å². The second kappa shape index (κ2) is 12.0. The molecule has 0 bridgehead atoms. The number of nitrogens with one attached hydrogen (secondary N) is 2. The maximum absolute atomic E-state index is 5.52. The van der Waals surface area contributed by atoms with E-state index in [1.807, 2.05) is 24.3 Å². The molecule has 2 heterocycles. The van der Waals surface area contributed by atoms with Gasteiger partial charge < -0.3 is 24.2 Å². The molecule has 7 heteroatoms. The molecule has 0 aliphatic carbocycles. The van der Waals surface area contributed by atoms with Crippen LogP contribution < -0.4 is 10.6 Å². The fraction of sp³-hybridized carbons (Fsp3) is 0.438. The minimum absolute atomic E-state index is 0. The van der Waals surface area contributed by atoms with Crippen molar-refractivity contribution in [1.29, 1.82) is 0 Å². The summed E-state index contributed by atoms with van der Waals surface area (Å²) in [4.78, 5) is 4.17. The lowest BCUT2D eigenvalue weighted by Crippen LogP contribution is -2.38. The molecule has 2 aromatic heterocycles. The molecular formula is C16H24IN3O3. The van der Waals surface area contributed by atoms with E-state index in [4.69, 9.17) is 13.6 Å². The van der Waals surface area contributed by atoms with Gasteiger partial charge in [-0.15, -0.1) is 24.0 Å². The number of aliphatic imine (C=N–C) groups is 1. The summed E-state index contributed by atoms with van der Waals surface area (Å²) in [5, 5.41) is 6.49. The fourth-order valence-corrected chi connectivity index (χ4v) is 1.93. The van der Waals surface area contributed by atoms with Gasteiger partial charge in [0.1, 0.15) is 18.1 Å². The molecule has 23 heavy (non-hydrogen) atoms. The second-order valence-corrected chi connectivity index (χ2v) is 4.74. The van der Waals surface area contributed by atoms with E-state index in [1.165, 1.54) is 0 Å². The molecule has 0 amide bonds. The van der Waals surface area contributed by atoms with Crippen molar-refractivity contribution in [2.45, 2.75) is 19.4 Å². The van der Waals surface area contributed by atoms with Crippen molar-refractivity contribution in [2.75, 3.05) is 26.7 Å². The number of hydrogen-bond donors (Lipinski definition) is 2. The number of rotatable bonds is 9. The molecule has 0 atom stereocenters. The number of furan rings is 2. The van der Waals surface area contributed by atoms with Crippen LogP contribution in [0, 0.1) is 0 Å². The number of nitrogens with zero attached hydrogens (tertiary/aromatic N) is 1. The van der Waals surface area contributed by atoms with Gasteiger partial charge in [-0.25, -0.2) is 0 Å². The zero-order valence-corrected chi connectivity index (χ0v) is 15.6. The summed E-state index contributed by atoms with van der Waals surface area (Å²) < 4.78 is 16.0. The lowest BCUT2D eigenvalue weighted by molar-refractivity contribution is 0.105. The highest BCUT2D eigenvalue weighted by molar-refractivity contribution is 14.0. The van der Waals surface area contributed by atoms with Crippen LogP contribution in [0.3, 0.4) is 0 Å². The zero-order valence-electron chi connectivity index (χ0n) is 13.3. The minimum atomic E-state index is 0. The van der Waals surface area contributed by atoms with Gasteiger partial charge in [0, 0.05) is 33.2 Å². The highest BCUT2D eigenvalue weighted by Crippen LogP contribution is 2.01. The predicted molar refractivity (Wildman–Crippen MR) is 100 cm³/mol. The van der Waals surface area contributed by atoms with Crippen LogP contribution in [0.5, 0.6) is 0 Å². The van der Waals surface area contributed by atoms with Crippen molar-refractivity contribution in [2.24, 2.45) is 4.99 Å². The van der Waals surface area contributed by atoms with E-state index < -0.39 is 0 Å². The van der Waals surface area contributed by atoms with Crippen molar-refractivity contribution >= 4 is 29.9 Å². The Balaban J connectivity index is 0.00000264. The molecule has 0 aromatic carbocycles. The van der Waals surface area contributed by atoms with Crippen LogP contribution in [0.25, 0.3) is 0 Å². The monoisotopic (exact) mass is 433 g/mol. The van der Waals surface area contributed by atoms with Crippen LogP contribution in [-0.2, 0) is 17.8 Å². The van der Waals surface area contributed by atoms with Gasteiger partial charge in [0.05, 0.1) is 12.5 Å². The van der Waals surface area contributed by atoms with E-state index >= 15 is 0 Å². The summed E-state index contributed by atoms with van der Waals surface area (Å²) in [5.41, 5.74) is 0. The van der Waals surface area contributed by atoms with Crippen molar-refractivity contribution in [1.82, 2.24) is 10.6 Å². The van der Waals surface area contributed by atoms with Crippen LogP contribution >= 0.6 is 24.0 Å². The molecule has 0 spiro atoms. The first kappa shape index (κ1) is 19.6. The smallest absolute Gasteiger partial charge is 0.190 e. The van der Waals surface area contributed by atoms with Gasteiger partial charge in [-0.1, -0.05) is 0 Å². The van der Waals surface area contributed by atoms with Crippen molar-refractivity contribution < 1.29 is 13.6 Å². The summed E-state index contributed by atoms with van der Waals surface area (Å²) >= 11 is 0. The van der Waals surface area contributed by atoms with Crippen LogP contribution in [0.2, 0.25) is 0 Å².